The van der Waals surface area contributed by atoms with E-state index < -0.39 is 0 Å². The number of rotatable bonds is 5. The van der Waals surface area contributed by atoms with Crippen molar-refractivity contribution in [3.8, 4) is 0 Å². The molecule has 0 radical (unpaired) electrons. The third-order valence-corrected chi connectivity index (χ3v) is 3.47. The molecule has 0 fully saturated rings. The molecule has 1 rings (SSSR count). The van der Waals surface area contributed by atoms with Crippen molar-refractivity contribution >= 4 is 11.6 Å². The maximum Gasteiger partial charge on any atom is 0.0823 e. The molecular weight excluding hydrogens is 234 g/mol. The van der Waals surface area contributed by atoms with Crippen LogP contribution in [0.4, 0.5) is 0 Å². The minimum absolute atomic E-state index is 0.0142. The van der Waals surface area contributed by atoms with Crippen LogP contribution in [-0.4, -0.2) is 22.9 Å². The van der Waals surface area contributed by atoms with Gasteiger partial charge in [-0.05, 0) is 34.2 Å². The first-order valence-electron chi connectivity index (χ1n) is 6.20. The molecule has 0 saturated carbocycles. The van der Waals surface area contributed by atoms with Gasteiger partial charge < -0.3 is 5.32 Å². The van der Waals surface area contributed by atoms with Gasteiger partial charge >= 0.3 is 0 Å². The van der Waals surface area contributed by atoms with Gasteiger partial charge in [-0.1, -0.05) is 25.4 Å². The molecule has 1 aromatic heterocycles. The summed E-state index contributed by atoms with van der Waals surface area (Å²) in [5.74, 6) is 0. The molecule has 0 saturated heterocycles. The number of halogens is 1. The Morgan fingerprint density at radius 1 is 1.41 bits per heavy atom. The second-order valence-electron chi connectivity index (χ2n) is 5.66. The molecule has 1 atom stereocenters. The monoisotopic (exact) mass is 257 g/mol. The number of nitrogens with one attached hydrogen (secondary N) is 1. The topological polar surface area (TPSA) is 29.9 Å². The highest BCUT2D eigenvalue weighted by Gasteiger charge is 2.30. The molecule has 1 N–H and O–H groups in total. The summed E-state index contributed by atoms with van der Waals surface area (Å²) >= 11 is 6.30. The first-order valence-corrected chi connectivity index (χ1v) is 6.58. The maximum absolute atomic E-state index is 6.30. The van der Waals surface area contributed by atoms with Crippen molar-refractivity contribution in [3.63, 3.8) is 0 Å². The Hall–Kier alpha value is -0.540. The third kappa shape index (κ3) is 3.23. The number of hydrogen-bond acceptors (Lipinski definition) is 2. The van der Waals surface area contributed by atoms with E-state index in [0.29, 0.717) is 12.1 Å². The van der Waals surface area contributed by atoms with Gasteiger partial charge in [0.05, 0.1) is 16.9 Å². The van der Waals surface area contributed by atoms with Crippen LogP contribution < -0.4 is 5.32 Å². The van der Waals surface area contributed by atoms with E-state index in [1.165, 1.54) is 0 Å². The third-order valence-electron chi connectivity index (χ3n) is 3.19. The molecular formula is C13H24ClN3. The molecule has 1 heterocycles. The van der Waals surface area contributed by atoms with Gasteiger partial charge in [-0.15, -0.1) is 0 Å². The van der Waals surface area contributed by atoms with Crippen LogP contribution in [0.2, 0.25) is 5.02 Å². The smallest absolute Gasteiger partial charge is 0.0823 e. The SMILES string of the molecule is CNC(C)CC(C)(C)c1c(Cl)cnn1C(C)C. The van der Waals surface area contributed by atoms with Crippen LogP contribution in [0, 0.1) is 0 Å². The summed E-state index contributed by atoms with van der Waals surface area (Å²) in [5, 5.41) is 8.43. The zero-order valence-electron chi connectivity index (χ0n) is 11.7. The van der Waals surface area contributed by atoms with Gasteiger partial charge in [0.1, 0.15) is 0 Å². The van der Waals surface area contributed by atoms with Crippen molar-refractivity contribution in [1.82, 2.24) is 15.1 Å². The minimum atomic E-state index is 0.0142. The highest BCUT2D eigenvalue weighted by atomic mass is 35.5. The second kappa shape index (κ2) is 5.40. The number of aromatic nitrogens is 2. The number of hydrogen-bond donors (Lipinski definition) is 1. The van der Waals surface area contributed by atoms with E-state index in [0.717, 1.165) is 17.1 Å². The molecule has 98 valence electrons. The predicted octanol–water partition coefficient (Wildman–Crippen LogP) is 3.39. The summed E-state index contributed by atoms with van der Waals surface area (Å²) in [6.45, 7) is 10.9. The van der Waals surface area contributed by atoms with Crippen LogP contribution >= 0.6 is 11.6 Å². The average molecular weight is 258 g/mol. The Kier molecular flexibility index (Phi) is 4.62. The lowest BCUT2D eigenvalue weighted by Crippen LogP contribution is -2.33. The van der Waals surface area contributed by atoms with Crippen molar-refractivity contribution in [1.29, 1.82) is 0 Å². The van der Waals surface area contributed by atoms with Crippen LogP contribution in [0.15, 0.2) is 6.20 Å². The fraction of sp³-hybridized carbons (Fsp3) is 0.769. The summed E-state index contributed by atoms with van der Waals surface area (Å²) in [6, 6.07) is 0.790. The summed E-state index contributed by atoms with van der Waals surface area (Å²) < 4.78 is 2.03. The van der Waals surface area contributed by atoms with Gasteiger partial charge in [-0.3, -0.25) is 4.68 Å². The van der Waals surface area contributed by atoms with Gasteiger partial charge in [0, 0.05) is 17.5 Å². The second-order valence-corrected chi connectivity index (χ2v) is 6.06. The first kappa shape index (κ1) is 14.5. The summed E-state index contributed by atoms with van der Waals surface area (Å²) in [7, 11) is 1.99. The van der Waals surface area contributed by atoms with Gasteiger partial charge in [0.25, 0.3) is 0 Å². The van der Waals surface area contributed by atoms with E-state index in [-0.39, 0.29) is 5.41 Å². The fourth-order valence-corrected chi connectivity index (χ4v) is 2.72. The van der Waals surface area contributed by atoms with E-state index in [4.69, 9.17) is 11.6 Å². The molecule has 0 spiro atoms. The van der Waals surface area contributed by atoms with E-state index in [1.54, 1.807) is 6.20 Å². The summed E-state index contributed by atoms with van der Waals surface area (Å²) in [5.41, 5.74) is 1.15. The van der Waals surface area contributed by atoms with Gasteiger partial charge in [0.15, 0.2) is 0 Å². The van der Waals surface area contributed by atoms with Gasteiger partial charge in [0.2, 0.25) is 0 Å². The fourth-order valence-electron chi connectivity index (χ4n) is 2.33. The summed E-state index contributed by atoms with van der Waals surface area (Å²) in [4.78, 5) is 0. The Bertz CT molecular complexity index is 369. The predicted molar refractivity (Wildman–Crippen MR) is 73.8 cm³/mol. The van der Waals surface area contributed by atoms with E-state index in [2.05, 4.69) is 45.0 Å². The highest BCUT2D eigenvalue weighted by Crippen LogP contribution is 2.34. The van der Waals surface area contributed by atoms with E-state index in [9.17, 15) is 0 Å². The first-order chi connectivity index (χ1) is 7.79. The molecule has 0 aliphatic rings. The molecule has 0 amide bonds. The molecule has 4 heteroatoms. The van der Waals surface area contributed by atoms with Crippen LogP contribution in [0.5, 0.6) is 0 Å². The van der Waals surface area contributed by atoms with Crippen molar-refractivity contribution in [2.45, 2.75) is 58.5 Å². The Morgan fingerprint density at radius 2 is 2.00 bits per heavy atom. The Labute approximate surface area is 110 Å². The normalized spacial score (nSPS) is 14.4. The molecule has 17 heavy (non-hydrogen) atoms. The number of nitrogens with zero attached hydrogens (tertiary/aromatic N) is 2. The molecule has 1 aromatic rings. The minimum Gasteiger partial charge on any atom is -0.317 e. The van der Waals surface area contributed by atoms with Gasteiger partial charge in [-0.25, -0.2) is 0 Å². The standard InChI is InChI=1S/C13H24ClN3/c1-9(2)17-12(11(14)8-16-17)13(4,5)7-10(3)15-6/h8-10,15H,7H2,1-6H3. The molecule has 0 aliphatic heterocycles. The lowest BCUT2D eigenvalue weighted by molar-refractivity contribution is 0.363. The summed E-state index contributed by atoms with van der Waals surface area (Å²) in [6.07, 6.45) is 2.78. The average Bonchev–Trinajstić information content (AvgIpc) is 2.60. The molecule has 3 nitrogen and oxygen atoms in total. The largest absolute Gasteiger partial charge is 0.317 e. The quantitative estimate of drug-likeness (QED) is 0.876. The maximum atomic E-state index is 6.30. The van der Waals surface area contributed by atoms with Crippen LogP contribution in [0.25, 0.3) is 0 Å². The van der Waals surface area contributed by atoms with Crippen LogP contribution in [0.3, 0.4) is 0 Å². The van der Waals surface area contributed by atoms with Crippen molar-refractivity contribution in [2.75, 3.05) is 7.05 Å². The molecule has 0 aromatic carbocycles. The Balaban J connectivity index is 3.08. The van der Waals surface area contributed by atoms with Crippen molar-refractivity contribution in [2.24, 2.45) is 0 Å². The van der Waals surface area contributed by atoms with Crippen LogP contribution in [0.1, 0.15) is 52.8 Å². The van der Waals surface area contributed by atoms with Gasteiger partial charge in [-0.2, -0.15) is 5.10 Å². The van der Waals surface area contributed by atoms with Crippen LogP contribution in [-0.2, 0) is 5.41 Å². The van der Waals surface area contributed by atoms with Crippen molar-refractivity contribution < 1.29 is 0 Å². The van der Waals surface area contributed by atoms with E-state index in [1.807, 2.05) is 11.7 Å². The zero-order chi connectivity index (χ0) is 13.2. The molecule has 0 aliphatic carbocycles. The highest BCUT2D eigenvalue weighted by molar-refractivity contribution is 6.31. The lowest BCUT2D eigenvalue weighted by atomic mass is 9.82. The molecule has 1 unspecified atom stereocenters. The zero-order valence-corrected chi connectivity index (χ0v) is 12.5. The molecule has 0 bridgehead atoms. The van der Waals surface area contributed by atoms with Crippen molar-refractivity contribution in [3.05, 3.63) is 16.9 Å². The van der Waals surface area contributed by atoms with E-state index >= 15 is 0 Å². The lowest BCUT2D eigenvalue weighted by Gasteiger charge is -2.30. The Morgan fingerprint density at radius 3 is 2.47 bits per heavy atom.